The molecule has 22 heavy (non-hydrogen) atoms. The van der Waals surface area contributed by atoms with Gasteiger partial charge in [0, 0.05) is 19.5 Å². The molecule has 0 amide bonds. The van der Waals surface area contributed by atoms with Gasteiger partial charge in [-0.15, -0.1) is 0 Å². The summed E-state index contributed by atoms with van der Waals surface area (Å²) in [6.07, 6.45) is 3.42. The fourth-order valence-electron chi connectivity index (χ4n) is 2.62. The number of carboxylic acids is 1. The lowest BCUT2D eigenvalue weighted by atomic mass is 10.1. The Kier molecular flexibility index (Phi) is 7.19. The van der Waals surface area contributed by atoms with Gasteiger partial charge in [-0.05, 0) is 31.5 Å². The number of carbonyl (C=O) groups is 1. The van der Waals surface area contributed by atoms with Gasteiger partial charge in [0.05, 0.1) is 25.7 Å². The summed E-state index contributed by atoms with van der Waals surface area (Å²) >= 11 is 0. The Bertz CT molecular complexity index is 438. The molecule has 122 valence electrons. The number of nitrogens with zero attached hydrogens (tertiary/aromatic N) is 1. The first-order valence-electron chi connectivity index (χ1n) is 7.97. The molecule has 0 bridgehead atoms. The predicted octanol–water partition coefficient (Wildman–Crippen LogP) is 2.41. The molecule has 0 aliphatic carbocycles. The lowest BCUT2D eigenvalue weighted by Gasteiger charge is -2.32. The Morgan fingerprint density at radius 3 is 2.86 bits per heavy atom. The molecule has 0 saturated carbocycles. The third kappa shape index (κ3) is 6.45. The van der Waals surface area contributed by atoms with Crippen LogP contribution in [-0.2, 0) is 9.53 Å². The van der Waals surface area contributed by atoms with E-state index in [2.05, 4.69) is 4.90 Å². The van der Waals surface area contributed by atoms with Crippen molar-refractivity contribution in [1.29, 1.82) is 0 Å². The summed E-state index contributed by atoms with van der Waals surface area (Å²) in [6, 6.07) is 9.78. The number of benzene rings is 1. The van der Waals surface area contributed by atoms with Crippen LogP contribution in [0.2, 0.25) is 0 Å². The minimum absolute atomic E-state index is 0.206. The molecule has 1 saturated heterocycles. The third-order valence-corrected chi connectivity index (χ3v) is 3.76. The van der Waals surface area contributed by atoms with Crippen molar-refractivity contribution in [1.82, 2.24) is 4.90 Å². The van der Waals surface area contributed by atoms with Crippen LogP contribution in [-0.4, -0.2) is 54.9 Å². The van der Waals surface area contributed by atoms with Crippen molar-refractivity contribution in [3.05, 3.63) is 30.3 Å². The highest BCUT2D eigenvalue weighted by Crippen LogP contribution is 2.14. The Morgan fingerprint density at radius 1 is 1.27 bits per heavy atom. The van der Waals surface area contributed by atoms with Crippen molar-refractivity contribution in [2.45, 2.75) is 31.8 Å². The molecule has 0 aromatic heterocycles. The molecule has 1 N–H and O–H groups in total. The summed E-state index contributed by atoms with van der Waals surface area (Å²) in [5, 5.41) is 8.73. The highest BCUT2D eigenvalue weighted by Gasteiger charge is 2.20. The van der Waals surface area contributed by atoms with Crippen LogP contribution in [0.1, 0.15) is 25.7 Å². The summed E-state index contributed by atoms with van der Waals surface area (Å²) in [6.45, 7) is 3.77. The van der Waals surface area contributed by atoms with Gasteiger partial charge in [0.15, 0.2) is 0 Å². The zero-order valence-corrected chi connectivity index (χ0v) is 12.9. The number of para-hydroxylation sites is 1. The number of ether oxygens (including phenoxy) is 2. The largest absolute Gasteiger partial charge is 0.494 e. The lowest BCUT2D eigenvalue weighted by Crippen LogP contribution is -2.40. The van der Waals surface area contributed by atoms with E-state index < -0.39 is 5.97 Å². The van der Waals surface area contributed by atoms with Crippen molar-refractivity contribution < 1.29 is 19.4 Å². The van der Waals surface area contributed by atoms with Gasteiger partial charge in [0.2, 0.25) is 0 Å². The van der Waals surface area contributed by atoms with E-state index in [1.54, 1.807) is 0 Å². The SMILES string of the molecule is O=C(O)CCN1CCCC(OCCCOc2ccccc2)C1. The molecule has 1 aliphatic rings. The predicted molar refractivity (Wildman–Crippen MR) is 84.2 cm³/mol. The maximum absolute atomic E-state index is 10.6. The number of rotatable bonds is 9. The molecule has 0 radical (unpaired) electrons. The quantitative estimate of drug-likeness (QED) is 0.710. The Balaban J connectivity index is 1.55. The minimum atomic E-state index is -0.735. The number of piperidine rings is 1. The van der Waals surface area contributed by atoms with Crippen molar-refractivity contribution in [3.63, 3.8) is 0 Å². The fourth-order valence-corrected chi connectivity index (χ4v) is 2.62. The van der Waals surface area contributed by atoms with E-state index in [0.717, 1.165) is 38.1 Å². The van der Waals surface area contributed by atoms with Gasteiger partial charge < -0.3 is 19.5 Å². The number of carboxylic acid groups (broad SMARTS) is 1. The lowest BCUT2D eigenvalue weighted by molar-refractivity contribution is -0.137. The molecule has 1 heterocycles. The molecule has 2 rings (SSSR count). The molecule has 5 heteroatoms. The summed E-state index contributed by atoms with van der Waals surface area (Å²) in [4.78, 5) is 12.8. The molecule has 1 atom stereocenters. The van der Waals surface area contributed by atoms with Crippen LogP contribution in [0.4, 0.5) is 0 Å². The second kappa shape index (κ2) is 9.43. The van der Waals surface area contributed by atoms with E-state index in [0.29, 0.717) is 19.8 Å². The molecular formula is C17H25NO4. The van der Waals surface area contributed by atoms with Crippen LogP contribution in [0, 0.1) is 0 Å². The topological polar surface area (TPSA) is 59.0 Å². The normalized spacial score (nSPS) is 19.0. The van der Waals surface area contributed by atoms with Crippen LogP contribution in [0.3, 0.4) is 0 Å². The van der Waals surface area contributed by atoms with Crippen molar-refractivity contribution in [3.8, 4) is 5.75 Å². The van der Waals surface area contributed by atoms with Crippen molar-refractivity contribution in [2.75, 3.05) is 32.8 Å². The maximum Gasteiger partial charge on any atom is 0.304 e. The second-order valence-electron chi connectivity index (χ2n) is 5.59. The van der Waals surface area contributed by atoms with Crippen LogP contribution >= 0.6 is 0 Å². The molecule has 1 aliphatic heterocycles. The second-order valence-corrected chi connectivity index (χ2v) is 5.59. The van der Waals surface area contributed by atoms with E-state index in [4.69, 9.17) is 14.6 Å². The van der Waals surface area contributed by atoms with Gasteiger partial charge in [-0.1, -0.05) is 18.2 Å². The van der Waals surface area contributed by atoms with E-state index in [9.17, 15) is 4.79 Å². The zero-order valence-electron chi connectivity index (χ0n) is 12.9. The average molecular weight is 307 g/mol. The van der Waals surface area contributed by atoms with E-state index in [1.807, 2.05) is 30.3 Å². The Labute approximate surface area is 131 Å². The van der Waals surface area contributed by atoms with Crippen LogP contribution < -0.4 is 4.74 Å². The standard InChI is InChI=1S/C17H25NO4/c19-17(20)9-11-18-10-4-8-16(14-18)22-13-5-12-21-15-6-2-1-3-7-15/h1-3,6-7,16H,4-5,8-14H2,(H,19,20). The van der Waals surface area contributed by atoms with Gasteiger partial charge in [-0.3, -0.25) is 4.79 Å². The first kappa shape index (κ1) is 16.8. The minimum Gasteiger partial charge on any atom is -0.494 e. The first-order valence-corrected chi connectivity index (χ1v) is 7.97. The fraction of sp³-hybridized carbons (Fsp3) is 0.588. The van der Waals surface area contributed by atoms with Crippen LogP contribution in [0.5, 0.6) is 5.75 Å². The zero-order chi connectivity index (χ0) is 15.6. The van der Waals surface area contributed by atoms with Gasteiger partial charge in [0.25, 0.3) is 0 Å². The van der Waals surface area contributed by atoms with Crippen molar-refractivity contribution in [2.24, 2.45) is 0 Å². The summed E-state index contributed by atoms with van der Waals surface area (Å²) in [7, 11) is 0. The number of hydrogen-bond donors (Lipinski definition) is 1. The molecule has 1 aromatic rings. The Morgan fingerprint density at radius 2 is 2.09 bits per heavy atom. The third-order valence-electron chi connectivity index (χ3n) is 3.76. The van der Waals surface area contributed by atoms with Gasteiger partial charge >= 0.3 is 5.97 Å². The number of likely N-dealkylation sites (tertiary alicyclic amines) is 1. The van der Waals surface area contributed by atoms with Gasteiger partial charge in [0.1, 0.15) is 5.75 Å². The maximum atomic E-state index is 10.6. The van der Waals surface area contributed by atoms with Crippen LogP contribution in [0.15, 0.2) is 30.3 Å². The molecule has 5 nitrogen and oxygen atoms in total. The molecular weight excluding hydrogens is 282 g/mol. The highest BCUT2D eigenvalue weighted by atomic mass is 16.5. The monoisotopic (exact) mass is 307 g/mol. The number of hydrogen-bond acceptors (Lipinski definition) is 4. The van der Waals surface area contributed by atoms with Gasteiger partial charge in [-0.2, -0.15) is 0 Å². The first-order chi connectivity index (χ1) is 10.7. The average Bonchev–Trinajstić information content (AvgIpc) is 2.54. The number of aliphatic carboxylic acids is 1. The van der Waals surface area contributed by atoms with Crippen molar-refractivity contribution >= 4 is 5.97 Å². The molecule has 0 spiro atoms. The molecule has 1 aromatic carbocycles. The van der Waals surface area contributed by atoms with E-state index in [-0.39, 0.29) is 12.5 Å². The summed E-state index contributed by atoms with van der Waals surface area (Å²) < 4.78 is 11.5. The highest BCUT2D eigenvalue weighted by molar-refractivity contribution is 5.66. The van der Waals surface area contributed by atoms with E-state index in [1.165, 1.54) is 0 Å². The Hall–Kier alpha value is -1.59. The smallest absolute Gasteiger partial charge is 0.304 e. The summed E-state index contributed by atoms with van der Waals surface area (Å²) in [5.41, 5.74) is 0. The molecule has 1 unspecified atom stereocenters. The summed E-state index contributed by atoms with van der Waals surface area (Å²) in [5.74, 6) is 0.154. The van der Waals surface area contributed by atoms with E-state index >= 15 is 0 Å². The van der Waals surface area contributed by atoms with Gasteiger partial charge in [-0.25, -0.2) is 0 Å². The molecule has 1 fully saturated rings. The van der Waals surface area contributed by atoms with Crippen LogP contribution in [0.25, 0.3) is 0 Å².